The maximum atomic E-state index is 12.0. The van der Waals surface area contributed by atoms with Crippen molar-refractivity contribution in [2.45, 2.75) is 6.92 Å². The molecule has 0 saturated heterocycles. The molecule has 0 spiro atoms. The van der Waals surface area contributed by atoms with E-state index >= 15 is 0 Å². The van der Waals surface area contributed by atoms with E-state index in [1.54, 1.807) is 22.8 Å². The van der Waals surface area contributed by atoms with Gasteiger partial charge in [-0.1, -0.05) is 12.1 Å². The third kappa shape index (κ3) is 1.59. The number of fused-ring (bicyclic) bond motifs is 1. The molecule has 3 aromatic rings. The minimum Gasteiger partial charge on any atom is -0.508 e. The molecule has 4 nitrogen and oxygen atoms in total. The first-order valence-corrected chi connectivity index (χ1v) is 5.66. The standard InChI is InChI=1S/C14H12N2O2/c1-9-3-2-4-10(7-9)16-13-6-5-11(17)8-12(13)15-14(16)18/h2-8,17H,1H3,(H,15,18). The highest BCUT2D eigenvalue weighted by atomic mass is 16.3. The SMILES string of the molecule is Cc1cccc(-n2c(=O)[nH]c3cc(O)ccc32)c1. The molecule has 0 radical (unpaired) electrons. The van der Waals surface area contributed by atoms with E-state index in [9.17, 15) is 9.90 Å². The second-order valence-corrected chi connectivity index (χ2v) is 4.31. The van der Waals surface area contributed by atoms with E-state index < -0.39 is 0 Å². The van der Waals surface area contributed by atoms with Gasteiger partial charge in [-0.25, -0.2) is 4.79 Å². The summed E-state index contributed by atoms with van der Waals surface area (Å²) in [5.41, 5.74) is 3.08. The number of aromatic nitrogens is 2. The Kier molecular flexibility index (Phi) is 2.23. The zero-order valence-electron chi connectivity index (χ0n) is 9.84. The zero-order chi connectivity index (χ0) is 12.7. The van der Waals surface area contributed by atoms with E-state index in [-0.39, 0.29) is 11.4 Å². The predicted molar refractivity (Wildman–Crippen MR) is 70.3 cm³/mol. The van der Waals surface area contributed by atoms with Crippen molar-refractivity contribution >= 4 is 11.0 Å². The lowest BCUT2D eigenvalue weighted by Crippen LogP contribution is -2.14. The number of aromatic amines is 1. The number of rotatable bonds is 1. The van der Waals surface area contributed by atoms with Crippen LogP contribution in [-0.2, 0) is 0 Å². The third-order valence-electron chi connectivity index (χ3n) is 2.93. The number of imidazole rings is 1. The number of hydrogen-bond donors (Lipinski definition) is 2. The van der Waals surface area contributed by atoms with Crippen molar-refractivity contribution in [3.63, 3.8) is 0 Å². The molecule has 0 saturated carbocycles. The van der Waals surface area contributed by atoms with Crippen LogP contribution in [-0.4, -0.2) is 14.7 Å². The van der Waals surface area contributed by atoms with Gasteiger partial charge in [-0.05, 0) is 36.8 Å². The van der Waals surface area contributed by atoms with Crippen molar-refractivity contribution in [3.05, 3.63) is 58.5 Å². The van der Waals surface area contributed by atoms with Crippen LogP contribution in [0.4, 0.5) is 0 Å². The molecular weight excluding hydrogens is 228 g/mol. The van der Waals surface area contributed by atoms with Crippen molar-refractivity contribution in [2.24, 2.45) is 0 Å². The fourth-order valence-electron chi connectivity index (χ4n) is 2.12. The molecule has 1 aromatic heterocycles. The number of phenolic OH excluding ortho intramolecular Hbond substituents is 1. The van der Waals surface area contributed by atoms with Crippen LogP contribution in [0.25, 0.3) is 16.7 Å². The van der Waals surface area contributed by atoms with E-state index in [0.29, 0.717) is 5.52 Å². The number of aromatic hydroxyl groups is 1. The summed E-state index contributed by atoms with van der Waals surface area (Å²) in [6, 6.07) is 12.6. The van der Waals surface area contributed by atoms with Gasteiger partial charge in [0.2, 0.25) is 0 Å². The first kappa shape index (κ1) is 10.7. The number of nitrogens with zero attached hydrogens (tertiary/aromatic N) is 1. The van der Waals surface area contributed by atoms with Crippen LogP contribution in [0.15, 0.2) is 47.3 Å². The molecule has 3 rings (SSSR count). The summed E-state index contributed by atoms with van der Waals surface area (Å²) in [5.74, 6) is 0.139. The Morgan fingerprint density at radius 2 is 2.00 bits per heavy atom. The van der Waals surface area contributed by atoms with E-state index in [0.717, 1.165) is 16.8 Å². The quantitative estimate of drug-likeness (QED) is 0.685. The van der Waals surface area contributed by atoms with Gasteiger partial charge in [0.15, 0.2) is 0 Å². The molecule has 0 aliphatic rings. The van der Waals surface area contributed by atoms with Gasteiger partial charge in [0, 0.05) is 6.07 Å². The maximum Gasteiger partial charge on any atom is 0.331 e. The van der Waals surface area contributed by atoms with Gasteiger partial charge in [0.1, 0.15) is 5.75 Å². The van der Waals surface area contributed by atoms with Crippen LogP contribution >= 0.6 is 0 Å². The molecule has 90 valence electrons. The molecule has 2 N–H and O–H groups in total. The Balaban J connectivity index is 2.35. The van der Waals surface area contributed by atoms with Crippen molar-refractivity contribution in [2.75, 3.05) is 0 Å². The highest BCUT2D eigenvalue weighted by Gasteiger charge is 2.08. The lowest BCUT2D eigenvalue weighted by atomic mass is 10.2. The highest BCUT2D eigenvalue weighted by molar-refractivity contribution is 5.78. The van der Waals surface area contributed by atoms with Crippen molar-refractivity contribution < 1.29 is 5.11 Å². The topological polar surface area (TPSA) is 58.0 Å². The lowest BCUT2D eigenvalue weighted by Gasteiger charge is -2.04. The maximum absolute atomic E-state index is 12.0. The number of benzene rings is 2. The normalized spacial score (nSPS) is 10.9. The molecule has 0 aliphatic heterocycles. The van der Waals surface area contributed by atoms with Crippen LogP contribution in [0, 0.1) is 6.92 Å². The van der Waals surface area contributed by atoms with Crippen LogP contribution in [0.1, 0.15) is 5.56 Å². The number of hydrogen-bond acceptors (Lipinski definition) is 2. The summed E-state index contributed by atoms with van der Waals surface area (Å²) < 4.78 is 1.60. The van der Waals surface area contributed by atoms with Crippen LogP contribution in [0.2, 0.25) is 0 Å². The minimum atomic E-state index is -0.207. The monoisotopic (exact) mass is 240 g/mol. The fraction of sp³-hybridized carbons (Fsp3) is 0.0714. The summed E-state index contributed by atoms with van der Waals surface area (Å²) in [6.07, 6.45) is 0. The molecular formula is C14H12N2O2. The first-order chi connectivity index (χ1) is 8.65. The molecule has 0 aliphatic carbocycles. The molecule has 0 bridgehead atoms. The van der Waals surface area contributed by atoms with Crippen LogP contribution in [0.3, 0.4) is 0 Å². The van der Waals surface area contributed by atoms with Crippen molar-refractivity contribution in [1.29, 1.82) is 0 Å². The van der Waals surface area contributed by atoms with Gasteiger partial charge in [0.25, 0.3) is 0 Å². The predicted octanol–water partition coefficient (Wildman–Crippen LogP) is 2.33. The molecule has 0 amide bonds. The summed E-state index contributed by atoms with van der Waals surface area (Å²) >= 11 is 0. The van der Waals surface area contributed by atoms with Gasteiger partial charge in [-0.15, -0.1) is 0 Å². The summed E-state index contributed by atoms with van der Waals surface area (Å²) in [5, 5.41) is 9.41. The fourth-order valence-corrected chi connectivity index (χ4v) is 2.12. The van der Waals surface area contributed by atoms with Gasteiger partial charge < -0.3 is 10.1 Å². The number of phenols is 1. The number of H-pyrrole nitrogens is 1. The number of nitrogens with one attached hydrogen (secondary N) is 1. The minimum absolute atomic E-state index is 0.139. The second-order valence-electron chi connectivity index (χ2n) is 4.31. The highest BCUT2D eigenvalue weighted by Crippen LogP contribution is 2.20. The average molecular weight is 240 g/mol. The van der Waals surface area contributed by atoms with Crippen molar-refractivity contribution in [3.8, 4) is 11.4 Å². The second kappa shape index (κ2) is 3.77. The largest absolute Gasteiger partial charge is 0.508 e. The Hall–Kier alpha value is -2.49. The lowest BCUT2D eigenvalue weighted by molar-refractivity contribution is 0.476. The van der Waals surface area contributed by atoms with E-state index in [1.807, 2.05) is 31.2 Å². The summed E-state index contributed by atoms with van der Waals surface area (Å²) in [4.78, 5) is 14.7. The summed E-state index contributed by atoms with van der Waals surface area (Å²) in [7, 11) is 0. The summed E-state index contributed by atoms with van der Waals surface area (Å²) in [6.45, 7) is 1.98. The molecule has 0 unspecified atom stereocenters. The van der Waals surface area contributed by atoms with Gasteiger partial charge in [0.05, 0.1) is 16.7 Å². The average Bonchev–Trinajstić information content (AvgIpc) is 2.64. The number of aryl methyl sites for hydroxylation is 1. The van der Waals surface area contributed by atoms with Crippen LogP contribution in [0.5, 0.6) is 5.75 Å². The first-order valence-electron chi connectivity index (χ1n) is 5.66. The Morgan fingerprint density at radius 1 is 1.17 bits per heavy atom. The van der Waals surface area contributed by atoms with E-state index in [4.69, 9.17) is 0 Å². The van der Waals surface area contributed by atoms with Crippen molar-refractivity contribution in [1.82, 2.24) is 9.55 Å². The molecule has 0 fully saturated rings. The van der Waals surface area contributed by atoms with E-state index in [2.05, 4.69) is 4.98 Å². The molecule has 18 heavy (non-hydrogen) atoms. The van der Waals surface area contributed by atoms with Gasteiger partial charge >= 0.3 is 5.69 Å². The Morgan fingerprint density at radius 3 is 2.78 bits per heavy atom. The Labute approximate surface area is 103 Å². The molecule has 0 atom stereocenters. The van der Waals surface area contributed by atoms with Crippen LogP contribution < -0.4 is 5.69 Å². The molecule has 1 heterocycles. The van der Waals surface area contributed by atoms with Gasteiger partial charge in [-0.3, -0.25) is 4.57 Å². The zero-order valence-corrected chi connectivity index (χ0v) is 9.84. The smallest absolute Gasteiger partial charge is 0.331 e. The molecule has 2 aromatic carbocycles. The Bertz CT molecular complexity index is 784. The third-order valence-corrected chi connectivity index (χ3v) is 2.93. The van der Waals surface area contributed by atoms with E-state index in [1.165, 1.54) is 0 Å². The van der Waals surface area contributed by atoms with Gasteiger partial charge in [-0.2, -0.15) is 0 Å². The molecule has 4 heteroatoms.